The number of ether oxygens (including phenoxy) is 2. The predicted octanol–water partition coefficient (Wildman–Crippen LogP) is 3.71. The summed E-state index contributed by atoms with van der Waals surface area (Å²) in [7, 11) is 3.07. The number of halogens is 1. The van der Waals surface area contributed by atoms with E-state index in [1.54, 1.807) is 37.4 Å². The Morgan fingerprint density at radius 1 is 1.15 bits per heavy atom. The second-order valence-corrected chi connectivity index (χ2v) is 4.86. The van der Waals surface area contributed by atoms with Gasteiger partial charge in [-0.05, 0) is 34.1 Å². The molecule has 0 radical (unpaired) electrons. The lowest BCUT2D eigenvalue weighted by atomic mass is 10.0. The lowest BCUT2D eigenvalue weighted by Crippen LogP contribution is -1.94. The molecule has 0 aliphatic rings. The first-order valence-corrected chi connectivity index (χ1v) is 6.55. The van der Waals surface area contributed by atoms with Crippen LogP contribution in [0.5, 0.6) is 17.2 Å². The van der Waals surface area contributed by atoms with E-state index in [9.17, 15) is 5.11 Å². The smallest absolute Gasteiger partial charge is 0.168 e. The molecule has 0 aliphatic heterocycles. The predicted molar refractivity (Wildman–Crippen MR) is 79.1 cm³/mol. The summed E-state index contributed by atoms with van der Waals surface area (Å²) in [5.74, 6) is 1.12. The van der Waals surface area contributed by atoms with Gasteiger partial charge in [-0.1, -0.05) is 12.1 Å². The molecule has 2 aromatic carbocycles. The normalized spacial score (nSPS) is 9.90. The second-order valence-electron chi connectivity index (χ2n) is 4.01. The lowest BCUT2D eigenvalue weighted by Gasteiger charge is -2.14. The lowest BCUT2D eigenvalue weighted by molar-refractivity contribution is 0.356. The number of phenolic OH excluding ortho intramolecular Hbond substituents is 1. The van der Waals surface area contributed by atoms with Crippen molar-refractivity contribution < 1.29 is 14.6 Å². The standard InChI is InChI=1S/C15H12BrNO3/c1-19-13-5-3-4-10(15(13)20-2)11-6-9(8-17)7-12(16)14(11)18/h3-7,18H,1-2H3. The van der Waals surface area contributed by atoms with Gasteiger partial charge in [0.25, 0.3) is 0 Å². The molecule has 0 bridgehead atoms. The highest BCUT2D eigenvalue weighted by atomic mass is 79.9. The Kier molecular flexibility index (Phi) is 4.16. The molecule has 2 aromatic rings. The fraction of sp³-hybridized carbons (Fsp3) is 0.133. The van der Waals surface area contributed by atoms with Crippen molar-refractivity contribution in [3.8, 4) is 34.4 Å². The maximum absolute atomic E-state index is 10.2. The summed E-state index contributed by atoms with van der Waals surface area (Å²) in [6, 6.07) is 10.6. The molecule has 4 nitrogen and oxygen atoms in total. The molecule has 0 amide bonds. The summed E-state index contributed by atoms with van der Waals surface area (Å²) in [5, 5.41) is 19.2. The maximum Gasteiger partial charge on any atom is 0.168 e. The van der Waals surface area contributed by atoms with Gasteiger partial charge in [0, 0.05) is 11.1 Å². The zero-order valence-corrected chi connectivity index (χ0v) is 12.6. The summed E-state index contributed by atoms with van der Waals surface area (Å²) in [4.78, 5) is 0. The summed E-state index contributed by atoms with van der Waals surface area (Å²) in [5.41, 5.74) is 1.60. The number of nitrogens with zero attached hydrogens (tertiary/aromatic N) is 1. The summed E-state index contributed by atoms with van der Waals surface area (Å²) in [6.07, 6.45) is 0. The average molecular weight is 334 g/mol. The monoisotopic (exact) mass is 333 g/mol. The van der Waals surface area contributed by atoms with Gasteiger partial charge < -0.3 is 14.6 Å². The minimum Gasteiger partial charge on any atom is -0.506 e. The number of phenols is 1. The third kappa shape index (κ3) is 2.43. The van der Waals surface area contributed by atoms with Gasteiger partial charge in [0.15, 0.2) is 11.5 Å². The molecule has 5 heteroatoms. The van der Waals surface area contributed by atoms with Crippen LogP contribution < -0.4 is 9.47 Å². The Morgan fingerprint density at radius 2 is 1.90 bits per heavy atom. The zero-order valence-electron chi connectivity index (χ0n) is 11.0. The van der Waals surface area contributed by atoms with E-state index in [2.05, 4.69) is 22.0 Å². The number of hydrogen-bond donors (Lipinski definition) is 1. The number of benzene rings is 2. The van der Waals surface area contributed by atoms with Gasteiger partial charge in [-0.15, -0.1) is 0 Å². The van der Waals surface area contributed by atoms with Gasteiger partial charge in [-0.2, -0.15) is 5.26 Å². The molecule has 0 heterocycles. The van der Waals surface area contributed by atoms with E-state index in [4.69, 9.17) is 14.7 Å². The van der Waals surface area contributed by atoms with Gasteiger partial charge in [-0.25, -0.2) is 0 Å². The largest absolute Gasteiger partial charge is 0.506 e. The van der Waals surface area contributed by atoms with Crippen LogP contribution >= 0.6 is 15.9 Å². The topological polar surface area (TPSA) is 62.5 Å². The van der Waals surface area contributed by atoms with Crippen LogP contribution in [0.25, 0.3) is 11.1 Å². The van der Waals surface area contributed by atoms with E-state index in [0.29, 0.717) is 32.7 Å². The molecule has 0 spiro atoms. The van der Waals surface area contributed by atoms with Crippen molar-refractivity contribution >= 4 is 15.9 Å². The van der Waals surface area contributed by atoms with E-state index in [-0.39, 0.29) is 5.75 Å². The van der Waals surface area contributed by atoms with Crippen LogP contribution in [-0.4, -0.2) is 19.3 Å². The van der Waals surface area contributed by atoms with Gasteiger partial charge in [0.05, 0.1) is 30.3 Å². The van der Waals surface area contributed by atoms with Crippen LogP contribution in [-0.2, 0) is 0 Å². The number of methoxy groups -OCH3 is 2. The molecule has 2 rings (SSSR count). The third-order valence-electron chi connectivity index (χ3n) is 2.89. The van der Waals surface area contributed by atoms with Crippen LogP contribution in [0.1, 0.15) is 5.56 Å². The number of hydrogen-bond acceptors (Lipinski definition) is 4. The summed E-state index contributed by atoms with van der Waals surface area (Å²) in [6.45, 7) is 0. The van der Waals surface area contributed by atoms with Gasteiger partial charge in [0.1, 0.15) is 5.75 Å². The number of rotatable bonds is 3. The Hall–Kier alpha value is -2.19. The molecule has 0 saturated carbocycles. The van der Waals surface area contributed by atoms with E-state index >= 15 is 0 Å². The summed E-state index contributed by atoms with van der Waals surface area (Å²) >= 11 is 3.24. The highest BCUT2D eigenvalue weighted by Crippen LogP contribution is 2.44. The quantitative estimate of drug-likeness (QED) is 0.929. The van der Waals surface area contributed by atoms with Crippen LogP contribution in [0.2, 0.25) is 0 Å². The fourth-order valence-electron chi connectivity index (χ4n) is 1.97. The minimum absolute atomic E-state index is 0.0514. The number of para-hydroxylation sites is 1. The maximum atomic E-state index is 10.2. The van der Waals surface area contributed by atoms with Gasteiger partial charge in [-0.3, -0.25) is 0 Å². The summed E-state index contributed by atoms with van der Waals surface area (Å²) < 4.78 is 11.1. The molecule has 20 heavy (non-hydrogen) atoms. The molecular formula is C15H12BrNO3. The van der Waals surface area contributed by atoms with Gasteiger partial charge >= 0.3 is 0 Å². The van der Waals surface area contributed by atoms with Crippen molar-refractivity contribution in [3.05, 3.63) is 40.4 Å². The van der Waals surface area contributed by atoms with Crippen LogP contribution in [0.4, 0.5) is 0 Å². The highest BCUT2D eigenvalue weighted by Gasteiger charge is 2.17. The van der Waals surface area contributed by atoms with Crippen molar-refractivity contribution in [2.24, 2.45) is 0 Å². The number of aromatic hydroxyl groups is 1. The first-order chi connectivity index (χ1) is 9.62. The highest BCUT2D eigenvalue weighted by molar-refractivity contribution is 9.10. The van der Waals surface area contributed by atoms with Crippen molar-refractivity contribution in [1.29, 1.82) is 5.26 Å². The first kappa shape index (κ1) is 14.2. The Labute approximate surface area is 125 Å². The van der Waals surface area contributed by atoms with Crippen molar-refractivity contribution in [2.75, 3.05) is 14.2 Å². The van der Waals surface area contributed by atoms with E-state index in [0.717, 1.165) is 0 Å². The first-order valence-electron chi connectivity index (χ1n) is 5.76. The van der Waals surface area contributed by atoms with Crippen molar-refractivity contribution in [2.45, 2.75) is 0 Å². The minimum atomic E-state index is 0.0514. The Balaban J connectivity index is 2.75. The van der Waals surface area contributed by atoms with Crippen molar-refractivity contribution in [3.63, 3.8) is 0 Å². The molecule has 0 aromatic heterocycles. The Bertz CT molecular complexity index is 692. The average Bonchev–Trinajstić information content (AvgIpc) is 2.48. The van der Waals surface area contributed by atoms with E-state index in [1.807, 2.05) is 0 Å². The van der Waals surface area contributed by atoms with Crippen LogP contribution in [0.3, 0.4) is 0 Å². The molecule has 102 valence electrons. The molecule has 0 fully saturated rings. The van der Waals surface area contributed by atoms with Gasteiger partial charge in [0.2, 0.25) is 0 Å². The second kappa shape index (κ2) is 5.85. The zero-order chi connectivity index (χ0) is 14.7. The molecule has 0 unspecified atom stereocenters. The Morgan fingerprint density at radius 3 is 2.50 bits per heavy atom. The van der Waals surface area contributed by atoms with Crippen LogP contribution in [0.15, 0.2) is 34.8 Å². The third-order valence-corrected chi connectivity index (χ3v) is 3.49. The SMILES string of the molecule is COc1cccc(-c2cc(C#N)cc(Br)c2O)c1OC. The fourth-order valence-corrected chi connectivity index (χ4v) is 2.43. The molecule has 1 N–H and O–H groups in total. The van der Waals surface area contributed by atoms with Crippen LogP contribution in [0, 0.1) is 11.3 Å². The van der Waals surface area contributed by atoms with E-state index in [1.165, 1.54) is 7.11 Å². The van der Waals surface area contributed by atoms with E-state index < -0.39 is 0 Å². The molecular weight excluding hydrogens is 322 g/mol. The molecule has 0 aliphatic carbocycles. The molecule has 0 saturated heterocycles. The number of nitriles is 1. The van der Waals surface area contributed by atoms with Crippen molar-refractivity contribution in [1.82, 2.24) is 0 Å². The molecule has 0 atom stereocenters.